The molecule has 0 saturated carbocycles. The molecule has 0 fully saturated rings. The van der Waals surface area contributed by atoms with Gasteiger partial charge in [-0.15, -0.1) is 0 Å². The van der Waals surface area contributed by atoms with Crippen molar-refractivity contribution in [3.05, 3.63) is 203 Å². The fraction of sp³-hybridized carbons (Fsp3) is 0.176. The monoisotopic (exact) mass is 686 g/mol. The van der Waals surface area contributed by atoms with Gasteiger partial charge in [-0.1, -0.05) is 129 Å². The second kappa shape index (κ2) is 13.9. The number of fused-ring (bicyclic) bond motifs is 2. The highest BCUT2D eigenvalue weighted by molar-refractivity contribution is 5.95. The van der Waals surface area contributed by atoms with Crippen molar-refractivity contribution in [1.29, 1.82) is 0 Å². The van der Waals surface area contributed by atoms with Gasteiger partial charge in [-0.2, -0.15) is 0 Å². The van der Waals surface area contributed by atoms with Crippen LogP contribution in [0, 0.1) is 0 Å². The molecule has 53 heavy (non-hydrogen) atoms. The van der Waals surface area contributed by atoms with E-state index < -0.39 is 0 Å². The minimum absolute atomic E-state index is 0.136. The van der Waals surface area contributed by atoms with E-state index in [1.54, 1.807) is 0 Å². The summed E-state index contributed by atoms with van der Waals surface area (Å²) in [4.78, 5) is 5.03. The zero-order chi connectivity index (χ0) is 35.8. The molecule has 2 heteroatoms. The summed E-state index contributed by atoms with van der Waals surface area (Å²) in [5.74, 6) is 0. The van der Waals surface area contributed by atoms with E-state index in [1.807, 2.05) is 0 Å². The number of para-hydroxylation sites is 2. The molecule has 0 aliphatic heterocycles. The predicted molar refractivity (Wildman–Crippen MR) is 226 cm³/mol. The summed E-state index contributed by atoms with van der Waals surface area (Å²) >= 11 is 0. The zero-order valence-electron chi connectivity index (χ0n) is 30.8. The third-order valence-corrected chi connectivity index (χ3v) is 11.5. The molecule has 0 unspecified atom stereocenters. The van der Waals surface area contributed by atoms with Crippen LogP contribution >= 0.6 is 0 Å². The van der Waals surface area contributed by atoms with Gasteiger partial charge in [-0.05, 0) is 132 Å². The Morgan fingerprint density at radius 1 is 0.509 bits per heavy atom. The van der Waals surface area contributed by atoms with Crippen molar-refractivity contribution in [2.75, 3.05) is 9.80 Å². The first-order chi connectivity index (χ1) is 26.1. The molecule has 0 saturated heterocycles. The molecule has 0 bridgehead atoms. The summed E-state index contributed by atoms with van der Waals surface area (Å²) in [5.41, 5.74) is 18.3. The minimum Gasteiger partial charge on any atom is -0.314 e. The predicted octanol–water partition coefficient (Wildman–Crippen LogP) is 14.2. The molecule has 0 aromatic heterocycles. The van der Waals surface area contributed by atoms with E-state index in [0.29, 0.717) is 0 Å². The Morgan fingerprint density at radius 2 is 1.13 bits per heavy atom. The molecule has 5 aromatic rings. The van der Waals surface area contributed by atoms with Gasteiger partial charge >= 0.3 is 0 Å². The van der Waals surface area contributed by atoms with E-state index in [1.165, 1.54) is 67.3 Å². The van der Waals surface area contributed by atoms with Crippen LogP contribution in [0.25, 0.3) is 16.7 Å². The number of allylic oxidation sites excluding steroid dienone is 12. The van der Waals surface area contributed by atoms with E-state index >= 15 is 0 Å². The molecular formula is C51H46N2. The maximum atomic E-state index is 2.57. The Labute approximate surface area is 315 Å². The van der Waals surface area contributed by atoms with Crippen LogP contribution in [-0.2, 0) is 5.41 Å². The normalized spacial score (nSPS) is 17.1. The van der Waals surface area contributed by atoms with Crippen LogP contribution in [0.4, 0.5) is 28.4 Å². The smallest absolute Gasteiger partial charge is 0.0557 e. The van der Waals surface area contributed by atoms with Crippen LogP contribution in [0.5, 0.6) is 0 Å². The average molecular weight is 687 g/mol. The Hall–Kier alpha value is -5.86. The Balaban J connectivity index is 1.26. The van der Waals surface area contributed by atoms with Gasteiger partial charge in [0.15, 0.2) is 0 Å². The summed E-state index contributed by atoms with van der Waals surface area (Å²) in [5, 5.41) is 0. The summed E-state index contributed by atoms with van der Waals surface area (Å²) < 4.78 is 0. The van der Waals surface area contributed by atoms with Crippen molar-refractivity contribution >= 4 is 45.2 Å². The van der Waals surface area contributed by atoms with Crippen LogP contribution in [0.1, 0.15) is 74.6 Å². The molecule has 0 heterocycles. The van der Waals surface area contributed by atoms with Crippen LogP contribution in [-0.4, -0.2) is 0 Å². The van der Waals surface area contributed by atoms with Gasteiger partial charge in [0.2, 0.25) is 0 Å². The highest BCUT2D eigenvalue weighted by Gasteiger charge is 2.41. The first kappa shape index (κ1) is 33.0. The molecular weight excluding hydrogens is 641 g/mol. The van der Waals surface area contributed by atoms with E-state index in [0.717, 1.165) is 49.9 Å². The molecule has 2 nitrogen and oxygen atoms in total. The number of rotatable bonds is 8. The summed E-state index contributed by atoms with van der Waals surface area (Å²) in [7, 11) is 0. The van der Waals surface area contributed by atoms with Gasteiger partial charge in [-0.3, -0.25) is 0 Å². The summed E-state index contributed by atoms with van der Waals surface area (Å²) in [6.07, 6.45) is 22.5. The van der Waals surface area contributed by atoms with Crippen molar-refractivity contribution in [3.63, 3.8) is 0 Å². The van der Waals surface area contributed by atoms with E-state index in [-0.39, 0.29) is 5.41 Å². The second-order valence-corrected chi connectivity index (χ2v) is 15.1. The van der Waals surface area contributed by atoms with Crippen LogP contribution < -0.4 is 9.80 Å². The fourth-order valence-electron chi connectivity index (χ4n) is 8.82. The first-order valence-electron chi connectivity index (χ1n) is 19.3. The topological polar surface area (TPSA) is 6.48 Å². The molecule has 0 spiro atoms. The average Bonchev–Trinajstić information content (AvgIpc) is 3.46. The largest absolute Gasteiger partial charge is 0.314 e. The lowest BCUT2D eigenvalue weighted by Crippen LogP contribution is -2.22. The molecule has 9 rings (SSSR count). The standard InChI is InChI=1S/C51H46N2/c1-51(2)47-26-16-15-25-46(47)50-48(51)35-45(52(41-21-11-5-12-22-41)43-31-27-39(28-32-43)37-17-7-3-8-18-37)36-49(50)53(42-23-13-6-14-24-42)44-33-29-40(30-34-44)38-19-9-4-10-20-38/h3-7,9-14,16-17,19-24,26-29,31-33,35-36H,8,15,18,25,30,34H2,1-2H3. The number of benzene rings is 5. The van der Waals surface area contributed by atoms with E-state index in [9.17, 15) is 0 Å². The van der Waals surface area contributed by atoms with Crippen molar-refractivity contribution in [3.8, 4) is 0 Å². The molecule has 0 atom stereocenters. The third kappa shape index (κ3) is 6.13. The van der Waals surface area contributed by atoms with Crippen molar-refractivity contribution in [1.82, 2.24) is 0 Å². The summed E-state index contributed by atoms with van der Waals surface area (Å²) in [6, 6.07) is 46.9. The zero-order valence-corrected chi connectivity index (χ0v) is 30.8. The molecule has 260 valence electrons. The lowest BCUT2D eigenvalue weighted by atomic mass is 9.80. The molecule has 0 amide bonds. The Morgan fingerprint density at radius 3 is 1.79 bits per heavy atom. The van der Waals surface area contributed by atoms with E-state index in [2.05, 4.69) is 194 Å². The number of hydrogen-bond acceptors (Lipinski definition) is 2. The highest BCUT2D eigenvalue weighted by atomic mass is 15.2. The highest BCUT2D eigenvalue weighted by Crippen LogP contribution is 2.56. The van der Waals surface area contributed by atoms with Crippen LogP contribution in [0.2, 0.25) is 0 Å². The van der Waals surface area contributed by atoms with Crippen molar-refractivity contribution in [2.45, 2.75) is 57.8 Å². The maximum absolute atomic E-state index is 2.57. The quantitative estimate of drug-likeness (QED) is 0.160. The minimum atomic E-state index is -0.136. The molecule has 4 aliphatic carbocycles. The Bertz CT molecular complexity index is 2330. The van der Waals surface area contributed by atoms with E-state index in [4.69, 9.17) is 0 Å². The lowest BCUT2D eigenvalue weighted by molar-refractivity contribution is 0.651. The van der Waals surface area contributed by atoms with Gasteiger partial charge in [-0.25, -0.2) is 0 Å². The Kier molecular flexibility index (Phi) is 8.68. The maximum Gasteiger partial charge on any atom is 0.0557 e. The van der Waals surface area contributed by atoms with Gasteiger partial charge in [0, 0.05) is 39.4 Å². The number of anilines is 5. The van der Waals surface area contributed by atoms with Gasteiger partial charge in [0.05, 0.1) is 5.69 Å². The fourth-order valence-corrected chi connectivity index (χ4v) is 8.82. The molecule has 5 aromatic carbocycles. The molecule has 4 aliphatic rings. The third-order valence-electron chi connectivity index (χ3n) is 11.5. The van der Waals surface area contributed by atoms with Crippen molar-refractivity contribution in [2.24, 2.45) is 0 Å². The molecule has 0 radical (unpaired) electrons. The van der Waals surface area contributed by atoms with Crippen molar-refractivity contribution < 1.29 is 0 Å². The van der Waals surface area contributed by atoms with Gasteiger partial charge in [0.1, 0.15) is 0 Å². The van der Waals surface area contributed by atoms with Gasteiger partial charge in [0.25, 0.3) is 0 Å². The molecule has 0 N–H and O–H groups in total. The van der Waals surface area contributed by atoms with Gasteiger partial charge < -0.3 is 9.80 Å². The lowest BCUT2D eigenvalue weighted by Gasteiger charge is -2.35. The van der Waals surface area contributed by atoms with Crippen LogP contribution in [0.3, 0.4) is 0 Å². The second-order valence-electron chi connectivity index (χ2n) is 15.1. The van der Waals surface area contributed by atoms with Crippen LogP contribution in [0.15, 0.2) is 181 Å². The SMILES string of the molecule is CC1(C)C2=C(CCC=C2)c2c(N(C3=CC=C(c4ccccc4)CC3)c3ccccc3)cc(N(c3ccccc3)c3ccc(C4=CC=CCC4)cc3)cc21. The number of hydrogen-bond donors (Lipinski definition) is 0. The first-order valence-corrected chi connectivity index (χ1v) is 19.3. The number of nitrogens with zero attached hydrogens (tertiary/aromatic N) is 2. The summed E-state index contributed by atoms with van der Waals surface area (Å²) in [6.45, 7) is 4.85.